The maximum Gasteiger partial charge on any atom is 0.238 e. The molecular formula is C30H34FN5O3. The van der Waals surface area contributed by atoms with Crippen molar-refractivity contribution in [3.63, 3.8) is 0 Å². The molecule has 1 spiro atoms. The molecule has 4 fully saturated rings. The van der Waals surface area contributed by atoms with Crippen molar-refractivity contribution in [2.45, 2.75) is 74.9 Å². The number of amides is 1. The highest BCUT2D eigenvalue weighted by Gasteiger charge is 2.46. The molecule has 2 bridgehead atoms. The summed E-state index contributed by atoms with van der Waals surface area (Å²) in [6, 6.07) is 11.1. The summed E-state index contributed by atoms with van der Waals surface area (Å²) >= 11 is 0. The third-order valence-corrected chi connectivity index (χ3v) is 9.54. The van der Waals surface area contributed by atoms with Crippen molar-refractivity contribution in [3.8, 4) is 17.3 Å². The van der Waals surface area contributed by atoms with Gasteiger partial charge in [-0.2, -0.15) is 5.26 Å². The van der Waals surface area contributed by atoms with Crippen molar-refractivity contribution in [1.82, 2.24) is 20.5 Å². The maximum absolute atomic E-state index is 15.3. The van der Waals surface area contributed by atoms with E-state index in [-0.39, 0.29) is 24.0 Å². The summed E-state index contributed by atoms with van der Waals surface area (Å²) in [5, 5.41) is 15.9. The topological polar surface area (TPSA) is 99.5 Å². The minimum Gasteiger partial charge on any atom is -0.378 e. The van der Waals surface area contributed by atoms with Gasteiger partial charge < -0.3 is 20.1 Å². The number of ether oxygens (including phenoxy) is 2. The van der Waals surface area contributed by atoms with E-state index in [0.717, 1.165) is 69.7 Å². The summed E-state index contributed by atoms with van der Waals surface area (Å²) in [7, 11) is 0. The van der Waals surface area contributed by atoms with E-state index in [1.165, 1.54) is 6.07 Å². The van der Waals surface area contributed by atoms with Crippen molar-refractivity contribution < 1.29 is 18.7 Å². The molecular weight excluding hydrogens is 497 g/mol. The molecule has 0 radical (unpaired) electrons. The van der Waals surface area contributed by atoms with Gasteiger partial charge in [0, 0.05) is 36.7 Å². The molecule has 204 valence electrons. The molecule has 1 aromatic heterocycles. The number of fused-ring (bicyclic) bond motifs is 4. The minimum absolute atomic E-state index is 0.117. The Kier molecular flexibility index (Phi) is 6.39. The lowest BCUT2D eigenvalue weighted by atomic mass is 9.86. The van der Waals surface area contributed by atoms with Gasteiger partial charge in [-0.15, -0.1) is 0 Å². The van der Waals surface area contributed by atoms with Gasteiger partial charge in [0.25, 0.3) is 0 Å². The lowest BCUT2D eigenvalue weighted by Gasteiger charge is -2.44. The molecule has 4 aliphatic heterocycles. The Morgan fingerprint density at radius 3 is 2.77 bits per heavy atom. The van der Waals surface area contributed by atoms with Crippen molar-refractivity contribution in [3.05, 3.63) is 53.0 Å². The van der Waals surface area contributed by atoms with Gasteiger partial charge in [-0.1, -0.05) is 18.2 Å². The molecule has 1 amide bonds. The summed E-state index contributed by atoms with van der Waals surface area (Å²) in [6.45, 7) is 4.10. The van der Waals surface area contributed by atoms with Gasteiger partial charge in [0.05, 0.1) is 49.4 Å². The third-order valence-electron chi connectivity index (χ3n) is 9.54. The Hall–Kier alpha value is -2.90. The van der Waals surface area contributed by atoms with E-state index in [4.69, 9.17) is 14.5 Å². The van der Waals surface area contributed by atoms with Gasteiger partial charge in [-0.3, -0.25) is 9.69 Å². The fourth-order valence-corrected chi connectivity index (χ4v) is 7.14. The first-order chi connectivity index (χ1) is 19.0. The largest absolute Gasteiger partial charge is 0.378 e. The second-order valence-electron chi connectivity index (χ2n) is 11.8. The third kappa shape index (κ3) is 4.53. The molecule has 2 aromatic rings. The Morgan fingerprint density at radius 2 is 2.10 bits per heavy atom. The van der Waals surface area contributed by atoms with Crippen LogP contribution in [0.25, 0.3) is 11.3 Å². The van der Waals surface area contributed by atoms with E-state index in [2.05, 4.69) is 27.7 Å². The summed E-state index contributed by atoms with van der Waals surface area (Å²) in [4.78, 5) is 20.3. The van der Waals surface area contributed by atoms with Gasteiger partial charge >= 0.3 is 0 Å². The highest BCUT2D eigenvalue weighted by atomic mass is 19.1. The van der Waals surface area contributed by atoms with Gasteiger partial charge in [0.2, 0.25) is 5.91 Å². The first-order valence-electron chi connectivity index (χ1n) is 14.2. The van der Waals surface area contributed by atoms with Crippen molar-refractivity contribution in [1.29, 1.82) is 5.26 Å². The Balaban J connectivity index is 1.04. The van der Waals surface area contributed by atoms with Crippen molar-refractivity contribution in [2.75, 3.05) is 26.3 Å². The molecule has 9 heteroatoms. The van der Waals surface area contributed by atoms with Crippen molar-refractivity contribution >= 4 is 5.91 Å². The fraction of sp³-hybridized carbons (Fsp3) is 0.567. The van der Waals surface area contributed by atoms with Gasteiger partial charge in [-0.05, 0) is 55.7 Å². The summed E-state index contributed by atoms with van der Waals surface area (Å²) < 4.78 is 27.0. The van der Waals surface area contributed by atoms with E-state index in [9.17, 15) is 10.1 Å². The number of likely N-dealkylation sites (tertiary alicyclic amines) is 1. The van der Waals surface area contributed by atoms with Crippen molar-refractivity contribution in [2.24, 2.45) is 5.92 Å². The zero-order valence-electron chi connectivity index (χ0n) is 22.0. The predicted octanol–water partition coefficient (Wildman–Crippen LogP) is 2.80. The second kappa shape index (κ2) is 9.93. The van der Waals surface area contributed by atoms with Crippen LogP contribution in [0.5, 0.6) is 0 Å². The number of nitriles is 1. The molecule has 1 aliphatic carbocycles. The fourth-order valence-electron chi connectivity index (χ4n) is 7.14. The average Bonchev–Trinajstić information content (AvgIpc) is 3.65. The molecule has 7 rings (SSSR count). The second-order valence-corrected chi connectivity index (χ2v) is 11.8. The normalized spacial score (nSPS) is 28.2. The first kappa shape index (κ1) is 25.1. The summed E-state index contributed by atoms with van der Waals surface area (Å²) in [5.41, 5.74) is 3.51. The van der Waals surface area contributed by atoms with Gasteiger partial charge in [0.1, 0.15) is 17.5 Å². The van der Waals surface area contributed by atoms with Crippen LogP contribution in [0.1, 0.15) is 48.9 Å². The number of carbonyl (C=O) groups excluding carboxylic acids is 1. The lowest BCUT2D eigenvalue weighted by molar-refractivity contribution is -0.124. The Morgan fingerprint density at radius 1 is 1.26 bits per heavy atom. The molecule has 39 heavy (non-hydrogen) atoms. The molecule has 2 N–H and O–H groups in total. The Bertz CT molecular complexity index is 1320. The molecule has 5 aliphatic rings. The van der Waals surface area contributed by atoms with Crippen LogP contribution in [0, 0.1) is 23.1 Å². The van der Waals surface area contributed by atoms with Crippen LogP contribution in [-0.4, -0.2) is 66.3 Å². The van der Waals surface area contributed by atoms with Crippen LogP contribution in [-0.2, 0) is 32.9 Å². The van der Waals surface area contributed by atoms with E-state index >= 15 is 4.39 Å². The molecule has 8 nitrogen and oxygen atoms in total. The number of hydrogen-bond acceptors (Lipinski definition) is 7. The molecule has 4 atom stereocenters. The minimum atomic E-state index is -0.786. The summed E-state index contributed by atoms with van der Waals surface area (Å²) in [5.74, 6) is -0.222. The van der Waals surface area contributed by atoms with Crippen LogP contribution >= 0.6 is 0 Å². The van der Waals surface area contributed by atoms with Crippen LogP contribution in [0.15, 0.2) is 30.3 Å². The number of pyridine rings is 1. The SMILES string of the molecule is N#C[C@H](Cc1ccc(-c2ccc3c(n2)C2(CCN(C4COC4)CC2)OC3)cc1F)NC(=O)[C@H]1N[C@@H]2CC[C@H]1C2. The summed E-state index contributed by atoms with van der Waals surface area (Å²) in [6.07, 6.45) is 5.06. The van der Waals surface area contributed by atoms with E-state index in [0.29, 0.717) is 41.4 Å². The van der Waals surface area contributed by atoms with Crippen LogP contribution in [0.3, 0.4) is 0 Å². The molecule has 1 aromatic carbocycles. The Labute approximate surface area is 227 Å². The average molecular weight is 532 g/mol. The smallest absolute Gasteiger partial charge is 0.238 e. The van der Waals surface area contributed by atoms with Crippen LogP contribution < -0.4 is 10.6 Å². The zero-order valence-corrected chi connectivity index (χ0v) is 22.0. The van der Waals surface area contributed by atoms with Gasteiger partial charge in [-0.25, -0.2) is 9.37 Å². The number of piperidine rings is 2. The van der Waals surface area contributed by atoms with E-state index in [1.54, 1.807) is 6.07 Å². The first-order valence-corrected chi connectivity index (χ1v) is 14.2. The zero-order chi connectivity index (χ0) is 26.6. The predicted molar refractivity (Wildman–Crippen MR) is 141 cm³/mol. The molecule has 5 heterocycles. The number of nitrogens with one attached hydrogen (secondary N) is 2. The highest BCUT2D eigenvalue weighted by molar-refractivity contribution is 5.83. The van der Waals surface area contributed by atoms with E-state index < -0.39 is 11.9 Å². The molecule has 1 saturated carbocycles. The number of carbonyl (C=O) groups is 1. The number of benzene rings is 1. The standard InChI is InChI=1S/C30H34FN5O3/c31-25-13-19(2-1-18(25)11-23(14-32)34-29(37)27-20-3-5-22(12-20)33-27)26-6-4-21-15-39-30(28(21)35-26)7-9-36(10-8-30)24-16-38-17-24/h1-2,4,6,13,20,22-24,27,33H,3,5,7-12,15-17H2,(H,34,37)/t20-,22+,23-,27-/m0/s1. The number of halogens is 1. The lowest BCUT2D eigenvalue weighted by Crippen LogP contribution is -2.54. The number of rotatable bonds is 6. The monoisotopic (exact) mass is 531 g/mol. The molecule has 0 unspecified atom stereocenters. The number of nitrogens with zero attached hydrogens (tertiary/aromatic N) is 3. The molecule has 3 saturated heterocycles. The van der Waals surface area contributed by atoms with Gasteiger partial charge in [0.15, 0.2) is 0 Å². The number of hydrogen-bond donors (Lipinski definition) is 2. The van der Waals surface area contributed by atoms with Crippen LogP contribution in [0.4, 0.5) is 4.39 Å². The van der Waals surface area contributed by atoms with E-state index in [1.807, 2.05) is 12.1 Å². The quantitative estimate of drug-likeness (QED) is 0.592. The highest BCUT2D eigenvalue weighted by Crippen LogP contribution is 2.44. The maximum atomic E-state index is 15.3. The van der Waals surface area contributed by atoms with Crippen LogP contribution in [0.2, 0.25) is 0 Å². The number of aromatic nitrogens is 1.